The van der Waals surface area contributed by atoms with E-state index in [2.05, 4.69) is 10.6 Å². The van der Waals surface area contributed by atoms with Crippen LogP contribution < -0.4 is 15.4 Å². The monoisotopic (exact) mass is 344 g/mol. The smallest absolute Gasteiger partial charge is 0.338 e. The Morgan fingerprint density at radius 2 is 1.96 bits per heavy atom. The number of thiocarbonyl (C=S) groups is 1. The summed E-state index contributed by atoms with van der Waals surface area (Å²) in [6.45, 7) is 2.65. The van der Waals surface area contributed by atoms with E-state index >= 15 is 0 Å². The SMILES string of the molecule is CCOC(=O)c1cccc(NC(=S)NCc2ccccc2OC)c1. The summed E-state index contributed by atoms with van der Waals surface area (Å²) < 4.78 is 10.3. The lowest BCUT2D eigenvalue weighted by Gasteiger charge is -2.13. The van der Waals surface area contributed by atoms with E-state index in [4.69, 9.17) is 21.7 Å². The van der Waals surface area contributed by atoms with Crippen molar-refractivity contribution in [3.63, 3.8) is 0 Å². The number of rotatable bonds is 6. The number of esters is 1. The van der Waals surface area contributed by atoms with Crippen LogP contribution in [0, 0.1) is 0 Å². The van der Waals surface area contributed by atoms with Crippen molar-refractivity contribution < 1.29 is 14.3 Å². The fourth-order valence-corrected chi connectivity index (χ4v) is 2.33. The molecule has 126 valence electrons. The molecule has 2 aromatic carbocycles. The number of carbonyl (C=O) groups is 1. The molecule has 6 heteroatoms. The van der Waals surface area contributed by atoms with Gasteiger partial charge < -0.3 is 20.1 Å². The Balaban J connectivity index is 1.95. The minimum Gasteiger partial charge on any atom is -0.496 e. The maximum absolute atomic E-state index is 11.8. The number of anilines is 1. The molecule has 24 heavy (non-hydrogen) atoms. The Morgan fingerprint density at radius 3 is 2.71 bits per heavy atom. The summed E-state index contributed by atoms with van der Waals surface area (Å²) >= 11 is 5.30. The number of para-hydroxylation sites is 1. The van der Waals surface area contributed by atoms with Gasteiger partial charge >= 0.3 is 5.97 Å². The van der Waals surface area contributed by atoms with Gasteiger partial charge in [-0.1, -0.05) is 24.3 Å². The topological polar surface area (TPSA) is 59.6 Å². The van der Waals surface area contributed by atoms with Crippen LogP contribution in [0.25, 0.3) is 0 Å². The van der Waals surface area contributed by atoms with Crippen molar-refractivity contribution in [1.29, 1.82) is 0 Å². The summed E-state index contributed by atoms with van der Waals surface area (Å²) in [6, 6.07) is 14.7. The highest BCUT2D eigenvalue weighted by molar-refractivity contribution is 7.80. The Labute approximate surface area is 147 Å². The van der Waals surface area contributed by atoms with Crippen molar-refractivity contribution in [1.82, 2.24) is 5.32 Å². The Bertz CT molecular complexity index is 719. The first-order valence-corrected chi connectivity index (χ1v) is 7.98. The summed E-state index contributed by atoms with van der Waals surface area (Å²) in [5.41, 5.74) is 2.21. The summed E-state index contributed by atoms with van der Waals surface area (Å²) in [7, 11) is 1.64. The molecular weight excluding hydrogens is 324 g/mol. The molecule has 0 saturated carbocycles. The minimum atomic E-state index is -0.353. The zero-order valence-corrected chi connectivity index (χ0v) is 14.5. The number of benzene rings is 2. The van der Waals surface area contributed by atoms with Gasteiger partial charge in [0.25, 0.3) is 0 Å². The highest BCUT2D eigenvalue weighted by Gasteiger charge is 2.08. The van der Waals surface area contributed by atoms with Crippen LogP contribution >= 0.6 is 12.2 Å². The van der Waals surface area contributed by atoms with E-state index in [1.54, 1.807) is 32.2 Å². The van der Waals surface area contributed by atoms with Crippen LogP contribution in [0.5, 0.6) is 5.75 Å². The lowest BCUT2D eigenvalue weighted by molar-refractivity contribution is 0.0526. The predicted molar refractivity (Wildman–Crippen MR) is 98.5 cm³/mol. The molecule has 0 aromatic heterocycles. The Hall–Kier alpha value is -2.60. The molecule has 0 amide bonds. The maximum atomic E-state index is 11.8. The normalized spacial score (nSPS) is 9.92. The van der Waals surface area contributed by atoms with Crippen LogP contribution in [0.2, 0.25) is 0 Å². The summed E-state index contributed by atoms with van der Waals surface area (Å²) in [5.74, 6) is 0.450. The highest BCUT2D eigenvalue weighted by atomic mass is 32.1. The van der Waals surface area contributed by atoms with Crippen molar-refractivity contribution in [3.8, 4) is 5.75 Å². The molecule has 5 nitrogen and oxygen atoms in total. The molecular formula is C18H20N2O3S. The van der Waals surface area contributed by atoms with Crippen LogP contribution in [0.1, 0.15) is 22.8 Å². The molecule has 0 aliphatic rings. The first-order chi connectivity index (χ1) is 11.6. The molecule has 0 atom stereocenters. The first kappa shape index (κ1) is 17.7. The Kier molecular flexibility index (Phi) is 6.57. The van der Waals surface area contributed by atoms with Gasteiger partial charge in [-0.3, -0.25) is 0 Å². The quantitative estimate of drug-likeness (QED) is 0.619. The second-order valence-corrected chi connectivity index (χ2v) is 5.33. The van der Waals surface area contributed by atoms with Gasteiger partial charge in [0.1, 0.15) is 5.75 Å². The second kappa shape index (κ2) is 8.88. The third kappa shape index (κ3) is 4.96. The van der Waals surface area contributed by atoms with E-state index in [1.807, 2.05) is 30.3 Å². The van der Waals surface area contributed by atoms with Crippen molar-refractivity contribution in [3.05, 3.63) is 59.7 Å². The molecule has 0 spiro atoms. The molecule has 2 N–H and O–H groups in total. The van der Waals surface area contributed by atoms with Gasteiger partial charge in [0.05, 0.1) is 19.3 Å². The highest BCUT2D eigenvalue weighted by Crippen LogP contribution is 2.17. The van der Waals surface area contributed by atoms with Crippen LogP contribution in [0.15, 0.2) is 48.5 Å². The van der Waals surface area contributed by atoms with E-state index in [9.17, 15) is 4.79 Å². The average molecular weight is 344 g/mol. The third-order valence-electron chi connectivity index (χ3n) is 3.26. The number of carbonyl (C=O) groups excluding carboxylic acids is 1. The largest absolute Gasteiger partial charge is 0.496 e. The second-order valence-electron chi connectivity index (χ2n) is 4.92. The number of nitrogens with one attached hydrogen (secondary N) is 2. The van der Waals surface area contributed by atoms with Crippen LogP contribution in [0.3, 0.4) is 0 Å². The zero-order chi connectivity index (χ0) is 17.4. The molecule has 0 aliphatic heterocycles. The van der Waals surface area contributed by atoms with E-state index < -0.39 is 0 Å². The number of hydrogen-bond donors (Lipinski definition) is 2. The van der Waals surface area contributed by atoms with Crippen LogP contribution in [-0.4, -0.2) is 24.8 Å². The maximum Gasteiger partial charge on any atom is 0.338 e. The third-order valence-corrected chi connectivity index (χ3v) is 3.51. The van der Waals surface area contributed by atoms with E-state index in [-0.39, 0.29) is 5.97 Å². The molecule has 0 heterocycles. The fraction of sp³-hybridized carbons (Fsp3) is 0.222. The standard InChI is InChI=1S/C18H20N2O3S/c1-3-23-17(21)13-8-6-9-15(11-13)20-18(24)19-12-14-7-4-5-10-16(14)22-2/h4-11H,3,12H2,1-2H3,(H2,19,20,24). The fourth-order valence-electron chi connectivity index (χ4n) is 2.14. The molecule has 0 radical (unpaired) electrons. The molecule has 2 rings (SSSR count). The molecule has 0 fully saturated rings. The van der Waals surface area contributed by atoms with E-state index in [1.165, 1.54) is 0 Å². The zero-order valence-electron chi connectivity index (χ0n) is 13.7. The van der Waals surface area contributed by atoms with Gasteiger partial charge in [0, 0.05) is 17.8 Å². The van der Waals surface area contributed by atoms with Gasteiger partial charge in [-0.15, -0.1) is 0 Å². The average Bonchev–Trinajstić information content (AvgIpc) is 2.60. The summed E-state index contributed by atoms with van der Waals surface area (Å²) in [4.78, 5) is 11.8. The number of methoxy groups -OCH3 is 1. The number of ether oxygens (including phenoxy) is 2. The van der Waals surface area contributed by atoms with Gasteiger partial charge in [-0.05, 0) is 43.4 Å². The summed E-state index contributed by atoms with van der Waals surface area (Å²) in [5, 5.41) is 6.64. The van der Waals surface area contributed by atoms with Crippen molar-refractivity contribution in [2.75, 3.05) is 19.0 Å². The molecule has 0 bridgehead atoms. The molecule has 0 aliphatic carbocycles. The van der Waals surface area contributed by atoms with Crippen molar-refractivity contribution in [2.24, 2.45) is 0 Å². The Morgan fingerprint density at radius 1 is 1.17 bits per heavy atom. The predicted octanol–water partition coefficient (Wildman–Crippen LogP) is 3.36. The van der Waals surface area contributed by atoms with Crippen molar-refractivity contribution >= 4 is 29.0 Å². The van der Waals surface area contributed by atoms with Gasteiger partial charge in [0.2, 0.25) is 0 Å². The molecule has 0 unspecified atom stereocenters. The van der Waals surface area contributed by atoms with Crippen LogP contribution in [0.4, 0.5) is 5.69 Å². The molecule has 2 aromatic rings. The van der Waals surface area contributed by atoms with Crippen molar-refractivity contribution in [2.45, 2.75) is 13.5 Å². The van der Waals surface area contributed by atoms with E-state index in [0.717, 1.165) is 17.0 Å². The molecule has 0 saturated heterocycles. The first-order valence-electron chi connectivity index (χ1n) is 7.58. The lowest BCUT2D eigenvalue weighted by Crippen LogP contribution is -2.28. The van der Waals surface area contributed by atoms with Gasteiger partial charge in [-0.25, -0.2) is 4.79 Å². The van der Waals surface area contributed by atoms with Gasteiger partial charge in [0.15, 0.2) is 5.11 Å². The summed E-state index contributed by atoms with van der Waals surface area (Å²) in [6.07, 6.45) is 0. The minimum absolute atomic E-state index is 0.343. The lowest BCUT2D eigenvalue weighted by atomic mass is 10.2. The van der Waals surface area contributed by atoms with E-state index in [0.29, 0.717) is 23.8 Å². The van der Waals surface area contributed by atoms with Gasteiger partial charge in [-0.2, -0.15) is 0 Å². The van der Waals surface area contributed by atoms with Crippen LogP contribution in [-0.2, 0) is 11.3 Å². The number of hydrogen-bond acceptors (Lipinski definition) is 4.